The Morgan fingerprint density at radius 2 is 2.06 bits per heavy atom. The average Bonchev–Trinajstić information content (AvgIpc) is 2.21. The first-order valence-corrected chi connectivity index (χ1v) is 5.95. The van der Waals surface area contributed by atoms with Gasteiger partial charge in [-0.25, -0.2) is 4.98 Å². The summed E-state index contributed by atoms with van der Waals surface area (Å²) in [5.74, 6) is 0.810. The van der Waals surface area contributed by atoms with Gasteiger partial charge in [-0.3, -0.25) is 0 Å². The fourth-order valence-corrected chi connectivity index (χ4v) is 1.68. The van der Waals surface area contributed by atoms with E-state index in [1.165, 1.54) is 0 Å². The van der Waals surface area contributed by atoms with E-state index in [-0.39, 0.29) is 18.1 Å². The van der Waals surface area contributed by atoms with Crippen LogP contribution < -0.4 is 11.1 Å². The Hall–Kier alpha value is -1.29. The summed E-state index contributed by atoms with van der Waals surface area (Å²) >= 11 is 0. The lowest BCUT2D eigenvalue weighted by molar-refractivity contribution is 0.235. The smallest absolute Gasteiger partial charge is 0.126 e. The first kappa shape index (κ1) is 13.8. The van der Waals surface area contributed by atoms with Gasteiger partial charge in [0.1, 0.15) is 5.82 Å². The molecule has 0 fully saturated rings. The number of aliphatic hydroxyl groups excluding tert-OH is 1. The van der Waals surface area contributed by atoms with E-state index < -0.39 is 0 Å². The van der Waals surface area contributed by atoms with Crippen LogP contribution in [-0.2, 0) is 0 Å². The van der Waals surface area contributed by atoms with Crippen molar-refractivity contribution in [2.75, 3.05) is 17.7 Å². The van der Waals surface area contributed by atoms with Crippen molar-refractivity contribution in [3.8, 4) is 0 Å². The number of nitrogens with one attached hydrogen (secondary N) is 1. The van der Waals surface area contributed by atoms with Gasteiger partial charge in [-0.05, 0) is 30.9 Å². The van der Waals surface area contributed by atoms with Gasteiger partial charge >= 0.3 is 0 Å². The second kappa shape index (κ2) is 5.36. The van der Waals surface area contributed by atoms with E-state index in [4.69, 9.17) is 10.8 Å². The molecule has 4 N–H and O–H groups in total. The van der Waals surface area contributed by atoms with Gasteiger partial charge in [0, 0.05) is 12.6 Å². The quantitative estimate of drug-likeness (QED) is 0.750. The molecule has 0 aliphatic carbocycles. The maximum Gasteiger partial charge on any atom is 0.126 e. The number of hydrogen-bond acceptors (Lipinski definition) is 4. The molecule has 0 aliphatic rings. The molecule has 0 aromatic carbocycles. The Labute approximate surface area is 103 Å². The Kier molecular flexibility index (Phi) is 4.34. The van der Waals surface area contributed by atoms with E-state index in [0.29, 0.717) is 12.1 Å². The third kappa shape index (κ3) is 3.89. The van der Waals surface area contributed by atoms with Crippen LogP contribution in [0.15, 0.2) is 12.1 Å². The minimum Gasteiger partial charge on any atom is -0.397 e. The average molecular weight is 237 g/mol. The van der Waals surface area contributed by atoms with Gasteiger partial charge in [0.15, 0.2) is 0 Å². The van der Waals surface area contributed by atoms with Gasteiger partial charge < -0.3 is 16.2 Å². The second-order valence-electron chi connectivity index (χ2n) is 5.45. The van der Waals surface area contributed by atoms with Gasteiger partial charge in [-0.2, -0.15) is 0 Å². The number of aromatic nitrogens is 1. The zero-order chi connectivity index (χ0) is 13.1. The molecule has 0 aliphatic heterocycles. The van der Waals surface area contributed by atoms with Crippen molar-refractivity contribution in [3.05, 3.63) is 17.8 Å². The normalized spacial score (nSPS) is 13.5. The molecule has 96 valence electrons. The number of rotatable bonds is 4. The lowest BCUT2D eigenvalue weighted by atomic mass is 9.85. The third-order valence-corrected chi connectivity index (χ3v) is 2.91. The third-order valence-electron chi connectivity index (χ3n) is 2.91. The molecule has 0 radical (unpaired) electrons. The van der Waals surface area contributed by atoms with Crippen molar-refractivity contribution in [2.45, 2.75) is 40.2 Å². The van der Waals surface area contributed by atoms with Gasteiger partial charge in [0.05, 0.1) is 11.4 Å². The van der Waals surface area contributed by atoms with Crippen molar-refractivity contribution in [1.82, 2.24) is 4.98 Å². The highest BCUT2D eigenvalue weighted by Gasteiger charge is 2.24. The van der Waals surface area contributed by atoms with E-state index in [9.17, 15) is 0 Å². The van der Waals surface area contributed by atoms with Crippen LogP contribution in [0.3, 0.4) is 0 Å². The number of pyridine rings is 1. The van der Waals surface area contributed by atoms with Crippen LogP contribution in [0.5, 0.6) is 0 Å². The Balaban J connectivity index is 2.82. The molecule has 4 nitrogen and oxygen atoms in total. The number of aryl methyl sites for hydroxylation is 1. The Morgan fingerprint density at radius 1 is 1.41 bits per heavy atom. The van der Waals surface area contributed by atoms with Crippen LogP contribution in [0.1, 0.15) is 32.9 Å². The predicted molar refractivity (Wildman–Crippen MR) is 72.0 cm³/mol. The minimum atomic E-state index is 0.0691. The molecule has 1 aromatic heterocycles. The molecular formula is C13H23N3O. The van der Waals surface area contributed by atoms with E-state index in [1.807, 2.05) is 19.1 Å². The molecule has 0 amide bonds. The summed E-state index contributed by atoms with van der Waals surface area (Å²) in [4.78, 5) is 4.39. The van der Waals surface area contributed by atoms with E-state index in [1.54, 1.807) is 0 Å². The lowest BCUT2D eigenvalue weighted by Crippen LogP contribution is -2.35. The topological polar surface area (TPSA) is 71.2 Å². The molecule has 1 unspecified atom stereocenters. The molecule has 1 aromatic rings. The molecule has 1 rings (SSSR count). The maximum atomic E-state index is 9.10. The van der Waals surface area contributed by atoms with Crippen molar-refractivity contribution in [1.29, 1.82) is 0 Å². The SMILES string of the molecule is Cc1nc(NC(CCO)C(C)(C)C)ccc1N. The Bertz CT molecular complexity index is 371. The van der Waals surface area contributed by atoms with Crippen LogP contribution >= 0.6 is 0 Å². The summed E-state index contributed by atoms with van der Waals surface area (Å²) in [5.41, 5.74) is 7.33. The molecule has 4 heteroatoms. The first-order valence-electron chi connectivity index (χ1n) is 5.95. The van der Waals surface area contributed by atoms with Crippen LogP contribution in [0.4, 0.5) is 11.5 Å². The molecule has 1 atom stereocenters. The lowest BCUT2D eigenvalue weighted by Gasteiger charge is -2.31. The highest BCUT2D eigenvalue weighted by atomic mass is 16.3. The highest BCUT2D eigenvalue weighted by molar-refractivity contribution is 5.49. The van der Waals surface area contributed by atoms with E-state index >= 15 is 0 Å². The molecule has 0 saturated heterocycles. The van der Waals surface area contributed by atoms with Crippen LogP contribution in [0.2, 0.25) is 0 Å². The fourth-order valence-electron chi connectivity index (χ4n) is 1.68. The largest absolute Gasteiger partial charge is 0.397 e. The highest BCUT2D eigenvalue weighted by Crippen LogP contribution is 2.25. The van der Waals surface area contributed by atoms with Gasteiger partial charge in [0.25, 0.3) is 0 Å². The summed E-state index contributed by atoms with van der Waals surface area (Å²) in [6.45, 7) is 8.49. The number of anilines is 2. The van der Waals surface area contributed by atoms with Crippen molar-refractivity contribution in [2.24, 2.45) is 5.41 Å². The summed E-state index contributed by atoms with van der Waals surface area (Å²) in [6, 6.07) is 3.91. The Morgan fingerprint density at radius 3 is 2.53 bits per heavy atom. The van der Waals surface area contributed by atoms with Crippen molar-refractivity contribution >= 4 is 11.5 Å². The first-order chi connectivity index (χ1) is 7.84. The van der Waals surface area contributed by atoms with E-state index in [0.717, 1.165) is 11.5 Å². The number of hydrogen-bond donors (Lipinski definition) is 3. The maximum absolute atomic E-state index is 9.10. The zero-order valence-corrected chi connectivity index (χ0v) is 11.1. The molecule has 17 heavy (non-hydrogen) atoms. The van der Waals surface area contributed by atoms with Gasteiger partial charge in [0.2, 0.25) is 0 Å². The molecular weight excluding hydrogens is 214 g/mol. The summed E-state index contributed by atoms with van der Waals surface area (Å²) < 4.78 is 0. The summed E-state index contributed by atoms with van der Waals surface area (Å²) in [7, 11) is 0. The number of aliphatic hydroxyl groups is 1. The van der Waals surface area contributed by atoms with Crippen molar-refractivity contribution in [3.63, 3.8) is 0 Å². The molecule has 1 heterocycles. The van der Waals surface area contributed by atoms with Crippen molar-refractivity contribution < 1.29 is 5.11 Å². The number of nitrogen functional groups attached to an aromatic ring is 1. The van der Waals surface area contributed by atoms with Gasteiger partial charge in [-0.1, -0.05) is 20.8 Å². The molecule has 0 bridgehead atoms. The number of nitrogens with zero attached hydrogens (tertiary/aromatic N) is 1. The van der Waals surface area contributed by atoms with Crippen LogP contribution in [0.25, 0.3) is 0 Å². The minimum absolute atomic E-state index is 0.0691. The predicted octanol–water partition coefficient (Wildman–Crippen LogP) is 2.18. The van der Waals surface area contributed by atoms with Gasteiger partial charge in [-0.15, -0.1) is 0 Å². The second-order valence-corrected chi connectivity index (χ2v) is 5.45. The molecule has 0 spiro atoms. The summed E-state index contributed by atoms with van der Waals surface area (Å²) in [5, 5.41) is 12.5. The molecule has 0 saturated carbocycles. The monoisotopic (exact) mass is 237 g/mol. The van der Waals surface area contributed by atoms with Crippen LogP contribution in [-0.4, -0.2) is 22.7 Å². The fraction of sp³-hybridized carbons (Fsp3) is 0.615. The zero-order valence-electron chi connectivity index (χ0n) is 11.1. The standard InChI is InChI=1S/C13H23N3O/c1-9-10(14)5-6-12(15-9)16-11(7-8-17)13(2,3)4/h5-6,11,17H,7-8,14H2,1-4H3,(H,15,16). The van der Waals surface area contributed by atoms with Crippen LogP contribution in [0, 0.1) is 12.3 Å². The van der Waals surface area contributed by atoms with E-state index in [2.05, 4.69) is 31.1 Å². The number of nitrogens with two attached hydrogens (primary N) is 1. The summed E-state index contributed by atoms with van der Waals surface area (Å²) in [6.07, 6.45) is 0.703.